The average molecular weight is 262 g/mol. The monoisotopic (exact) mass is 262 g/mol. The van der Waals surface area contributed by atoms with Crippen LogP contribution in [0.25, 0.3) is 0 Å². The topological polar surface area (TPSA) is 24.9 Å². The fourth-order valence-electron chi connectivity index (χ4n) is 3.47. The first-order valence-corrected chi connectivity index (χ1v) is 7.93. The predicted molar refractivity (Wildman–Crippen MR) is 76.9 cm³/mol. The number of nitrogens with one attached hydrogen (secondary N) is 1. The first kappa shape index (κ1) is 12.4. The van der Waals surface area contributed by atoms with Crippen molar-refractivity contribution >= 4 is 11.3 Å². The second-order valence-corrected chi connectivity index (χ2v) is 6.76. The van der Waals surface area contributed by atoms with Crippen molar-refractivity contribution in [3.63, 3.8) is 0 Å². The first-order valence-electron chi connectivity index (χ1n) is 7.05. The van der Waals surface area contributed by atoms with Crippen LogP contribution >= 0.6 is 11.3 Å². The number of allylic oxidation sites excluding steroid dienone is 2. The van der Waals surface area contributed by atoms with Gasteiger partial charge in [-0.1, -0.05) is 12.2 Å². The SMILES string of the molecule is Cc1csc(CCNC(C)C2CC3C=CC2C3)n1. The summed E-state index contributed by atoms with van der Waals surface area (Å²) in [4.78, 5) is 4.51. The Labute approximate surface area is 114 Å². The highest BCUT2D eigenvalue weighted by atomic mass is 32.1. The molecule has 18 heavy (non-hydrogen) atoms. The third-order valence-corrected chi connectivity index (χ3v) is 5.47. The summed E-state index contributed by atoms with van der Waals surface area (Å²) < 4.78 is 0. The van der Waals surface area contributed by atoms with Gasteiger partial charge in [-0.15, -0.1) is 11.3 Å². The minimum absolute atomic E-state index is 0.644. The van der Waals surface area contributed by atoms with Crippen LogP contribution in [0.1, 0.15) is 30.5 Å². The van der Waals surface area contributed by atoms with Crippen molar-refractivity contribution < 1.29 is 0 Å². The number of thiazole rings is 1. The molecule has 1 fully saturated rings. The third kappa shape index (κ3) is 2.52. The quantitative estimate of drug-likeness (QED) is 0.824. The maximum Gasteiger partial charge on any atom is 0.0940 e. The zero-order valence-corrected chi connectivity index (χ0v) is 12.0. The van der Waals surface area contributed by atoms with Gasteiger partial charge >= 0.3 is 0 Å². The number of fused-ring (bicyclic) bond motifs is 2. The van der Waals surface area contributed by atoms with Gasteiger partial charge in [-0.2, -0.15) is 0 Å². The van der Waals surface area contributed by atoms with E-state index in [1.165, 1.54) is 17.8 Å². The minimum Gasteiger partial charge on any atom is -0.314 e. The largest absolute Gasteiger partial charge is 0.314 e. The minimum atomic E-state index is 0.644. The Bertz CT molecular complexity index is 437. The first-order chi connectivity index (χ1) is 8.72. The summed E-state index contributed by atoms with van der Waals surface area (Å²) in [6.45, 7) is 5.48. The number of hydrogen-bond donors (Lipinski definition) is 1. The van der Waals surface area contributed by atoms with Crippen molar-refractivity contribution in [2.45, 2.75) is 39.2 Å². The maximum atomic E-state index is 4.51. The lowest BCUT2D eigenvalue weighted by Crippen LogP contribution is -2.36. The Morgan fingerprint density at radius 1 is 1.44 bits per heavy atom. The Morgan fingerprint density at radius 3 is 2.94 bits per heavy atom. The molecule has 98 valence electrons. The van der Waals surface area contributed by atoms with Crippen LogP contribution in [0.2, 0.25) is 0 Å². The summed E-state index contributed by atoms with van der Waals surface area (Å²) in [6.07, 6.45) is 8.74. The van der Waals surface area contributed by atoms with E-state index in [1.54, 1.807) is 11.3 Å². The molecule has 2 nitrogen and oxygen atoms in total. The van der Waals surface area contributed by atoms with Crippen LogP contribution in [0.3, 0.4) is 0 Å². The molecule has 0 saturated heterocycles. The third-order valence-electron chi connectivity index (χ3n) is 4.44. The number of aryl methyl sites for hydroxylation is 1. The van der Waals surface area contributed by atoms with Crippen molar-refractivity contribution in [1.29, 1.82) is 0 Å². The van der Waals surface area contributed by atoms with Crippen LogP contribution in [0.4, 0.5) is 0 Å². The molecular formula is C15H22N2S. The molecule has 3 heteroatoms. The summed E-state index contributed by atoms with van der Waals surface area (Å²) in [5, 5.41) is 7.10. The van der Waals surface area contributed by atoms with Crippen LogP contribution in [0.5, 0.6) is 0 Å². The Morgan fingerprint density at radius 2 is 2.33 bits per heavy atom. The summed E-state index contributed by atoms with van der Waals surface area (Å²) in [5.41, 5.74) is 1.15. The summed E-state index contributed by atoms with van der Waals surface area (Å²) in [5.74, 6) is 2.59. The number of nitrogens with zero attached hydrogens (tertiary/aromatic N) is 1. The molecular weight excluding hydrogens is 240 g/mol. The van der Waals surface area contributed by atoms with Gasteiger partial charge in [0.25, 0.3) is 0 Å². The molecule has 0 aliphatic heterocycles. The molecule has 0 aromatic carbocycles. The molecule has 0 amide bonds. The standard InChI is InChI=1S/C15H22N2S/c1-10-9-18-15(17-10)5-6-16-11(2)14-8-12-3-4-13(14)7-12/h3-4,9,11-14,16H,5-8H2,1-2H3. The van der Waals surface area contributed by atoms with Gasteiger partial charge in [-0.25, -0.2) is 4.98 Å². The lowest BCUT2D eigenvalue weighted by Gasteiger charge is -2.26. The predicted octanol–water partition coefficient (Wildman–Crippen LogP) is 3.18. The zero-order valence-electron chi connectivity index (χ0n) is 11.2. The number of aromatic nitrogens is 1. The molecule has 1 aromatic rings. The molecule has 2 aliphatic rings. The normalized spacial score (nSPS) is 31.1. The van der Waals surface area contributed by atoms with Crippen molar-refractivity contribution in [1.82, 2.24) is 10.3 Å². The lowest BCUT2D eigenvalue weighted by atomic mass is 9.87. The van der Waals surface area contributed by atoms with Crippen LogP contribution < -0.4 is 5.32 Å². The summed E-state index contributed by atoms with van der Waals surface area (Å²) in [7, 11) is 0. The van der Waals surface area contributed by atoms with E-state index in [2.05, 4.69) is 41.7 Å². The van der Waals surface area contributed by atoms with Gasteiger partial charge < -0.3 is 5.32 Å². The second kappa shape index (κ2) is 5.14. The molecule has 1 saturated carbocycles. The molecule has 0 spiro atoms. The smallest absolute Gasteiger partial charge is 0.0940 e. The molecule has 1 aromatic heterocycles. The highest BCUT2D eigenvalue weighted by Gasteiger charge is 2.38. The van der Waals surface area contributed by atoms with E-state index >= 15 is 0 Å². The van der Waals surface area contributed by atoms with Gasteiger partial charge in [0.15, 0.2) is 0 Å². The van der Waals surface area contributed by atoms with Gasteiger partial charge in [0.1, 0.15) is 0 Å². The Kier molecular flexibility index (Phi) is 3.53. The van der Waals surface area contributed by atoms with Crippen LogP contribution in [0, 0.1) is 24.7 Å². The van der Waals surface area contributed by atoms with E-state index in [4.69, 9.17) is 0 Å². The maximum absolute atomic E-state index is 4.51. The molecule has 2 aliphatic carbocycles. The molecule has 4 atom stereocenters. The summed E-state index contributed by atoms with van der Waals surface area (Å²) >= 11 is 1.78. The molecule has 4 unspecified atom stereocenters. The number of rotatable bonds is 5. The van der Waals surface area contributed by atoms with Crippen molar-refractivity contribution in [3.05, 3.63) is 28.2 Å². The molecule has 1 N–H and O–H groups in total. The van der Waals surface area contributed by atoms with Gasteiger partial charge in [0.2, 0.25) is 0 Å². The highest BCUT2D eigenvalue weighted by molar-refractivity contribution is 7.09. The molecule has 2 bridgehead atoms. The van der Waals surface area contributed by atoms with Crippen LogP contribution in [-0.4, -0.2) is 17.6 Å². The van der Waals surface area contributed by atoms with Gasteiger partial charge in [-0.05, 0) is 44.4 Å². The van der Waals surface area contributed by atoms with Crippen LogP contribution in [-0.2, 0) is 6.42 Å². The van der Waals surface area contributed by atoms with Gasteiger partial charge in [0.05, 0.1) is 5.01 Å². The van der Waals surface area contributed by atoms with E-state index in [9.17, 15) is 0 Å². The molecule has 1 heterocycles. The fourth-order valence-corrected chi connectivity index (χ4v) is 4.25. The zero-order chi connectivity index (χ0) is 12.5. The molecule has 0 radical (unpaired) electrons. The summed E-state index contributed by atoms with van der Waals surface area (Å²) in [6, 6.07) is 0.644. The average Bonchev–Trinajstić information content (AvgIpc) is 3.05. The lowest BCUT2D eigenvalue weighted by molar-refractivity contribution is 0.329. The van der Waals surface area contributed by atoms with Crippen molar-refractivity contribution in [2.75, 3.05) is 6.54 Å². The van der Waals surface area contributed by atoms with Gasteiger partial charge in [0, 0.05) is 30.1 Å². The number of hydrogen-bond acceptors (Lipinski definition) is 3. The second-order valence-electron chi connectivity index (χ2n) is 5.82. The van der Waals surface area contributed by atoms with Crippen molar-refractivity contribution in [3.8, 4) is 0 Å². The van der Waals surface area contributed by atoms with E-state index in [1.807, 2.05) is 0 Å². The van der Waals surface area contributed by atoms with E-state index < -0.39 is 0 Å². The van der Waals surface area contributed by atoms with E-state index in [0.29, 0.717) is 6.04 Å². The van der Waals surface area contributed by atoms with Gasteiger partial charge in [-0.3, -0.25) is 0 Å². The fraction of sp³-hybridized carbons (Fsp3) is 0.667. The van der Waals surface area contributed by atoms with E-state index in [-0.39, 0.29) is 0 Å². The van der Waals surface area contributed by atoms with Crippen LogP contribution in [0.15, 0.2) is 17.5 Å². The Hall–Kier alpha value is -0.670. The molecule has 3 rings (SSSR count). The van der Waals surface area contributed by atoms with E-state index in [0.717, 1.165) is 36.4 Å². The highest BCUT2D eigenvalue weighted by Crippen LogP contribution is 2.44. The van der Waals surface area contributed by atoms with Crippen molar-refractivity contribution in [2.24, 2.45) is 17.8 Å². The Balaban J connectivity index is 1.44.